The lowest BCUT2D eigenvalue weighted by atomic mass is 10.1. The minimum absolute atomic E-state index is 0.204. The third-order valence-electron chi connectivity index (χ3n) is 2.69. The van der Waals surface area contributed by atoms with Gasteiger partial charge in [0.05, 0.1) is 23.3 Å². The van der Waals surface area contributed by atoms with Crippen molar-refractivity contribution in [3.05, 3.63) is 48.3 Å². The van der Waals surface area contributed by atoms with Crippen LogP contribution in [0.4, 0.5) is 17.1 Å². The number of aromatic nitrogens is 1. The lowest BCUT2D eigenvalue weighted by Crippen LogP contribution is -2.15. The third-order valence-corrected chi connectivity index (χ3v) is 2.69. The van der Waals surface area contributed by atoms with Gasteiger partial charge in [0.15, 0.2) is 0 Å². The molecule has 0 aliphatic rings. The first kappa shape index (κ1) is 12.9. The van der Waals surface area contributed by atoms with Crippen LogP contribution in [0.1, 0.15) is 10.4 Å². The molecule has 1 aromatic heterocycles. The fourth-order valence-electron chi connectivity index (χ4n) is 1.74. The number of rotatable bonds is 3. The highest BCUT2D eigenvalue weighted by molar-refractivity contribution is 6.05. The minimum atomic E-state index is -0.204. The first-order valence-corrected chi connectivity index (χ1v) is 5.86. The van der Waals surface area contributed by atoms with Gasteiger partial charge in [0.25, 0.3) is 5.91 Å². The van der Waals surface area contributed by atoms with Crippen molar-refractivity contribution in [2.24, 2.45) is 0 Å². The largest absolute Gasteiger partial charge is 0.397 e. The van der Waals surface area contributed by atoms with Gasteiger partial charge in [-0.1, -0.05) is 0 Å². The zero-order chi connectivity index (χ0) is 13.8. The number of amides is 1. The van der Waals surface area contributed by atoms with E-state index in [1.165, 1.54) is 0 Å². The highest BCUT2D eigenvalue weighted by Crippen LogP contribution is 2.22. The molecule has 0 saturated carbocycles. The number of nitrogen functional groups attached to an aromatic ring is 1. The first-order valence-electron chi connectivity index (χ1n) is 5.86. The zero-order valence-electron chi connectivity index (χ0n) is 10.9. The van der Waals surface area contributed by atoms with Crippen LogP contribution in [0.3, 0.4) is 0 Å². The van der Waals surface area contributed by atoms with Crippen molar-refractivity contribution in [1.82, 2.24) is 4.98 Å². The van der Waals surface area contributed by atoms with Crippen LogP contribution >= 0.6 is 0 Å². The number of carbonyl (C=O) groups is 1. The van der Waals surface area contributed by atoms with Crippen molar-refractivity contribution in [2.45, 2.75) is 0 Å². The quantitative estimate of drug-likeness (QED) is 0.824. The van der Waals surface area contributed by atoms with E-state index in [-0.39, 0.29) is 5.91 Å². The number of carbonyl (C=O) groups excluding carboxylic acids is 1. The topological polar surface area (TPSA) is 71.2 Å². The number of nitrogens with one attached hydrogen (secondary N) is 1. The molecule has 0 fully saturated rings. The fourth-order valence-corrected chi connectivity index (χ4v) is 1.74. The Hall–Kier alpha value is -2.56. The molecular formula is C14H16N4O. The molecule has 98 valence electrons. The maximum atomic E-state index is 12.0. The molecular weight excluding hydrogens is 240 g/mol. The molecule has 0 radical (unpaired) electrons. The summed E-state index contributed by atoms with van der Waals surface area (Å²) in [6, 6.07) is 8.79. The monoisotopic (exact) mass is 256 g/mol. The molecule has 1 heterocycles. The number of pyridine rings is 1. The van der Waals surface area contributed by atoms with Crippen LogP contribution in [-0.2, 0) is 0 Å². The van der Waals surface area contributed by atoms with Gasteiger partial charge in [-0.15, -0.1) is 0 Å². The Morgan fingerprint density at radius 3 is 2.68 bits per heavy atom. The summed E-state index contributed by atoms with van der Waals surface area (Å²) in [6.07, 6.45) is 3.25. The van der Waals surface area contributed by atoms with Gasteiger partial charge in [0, 0.05) is 25.9 Å². The third kappa shape index (κ3) is 3.01. The molecule has 19 heavy (non-hydrogen) atoms. The highest BCUT2D eigenvalue weighted by atomic mass is 16.1. The minimum Gasteiger partial charge on any atom is -0.397 e. The van der Waals surface area contributed by atoms with Crippen LogP contribution in [0.25, 0.3) is 0 Å². The molecule has 0 spiro atoms. The maximum Gasteiger partial charge on any atom is 0.255 e. The fraction of sp³-hybridized carbons (Fsp3) is 0.143. The van der Waals surface area contributed by atoms with Crippen LogP contribution in [-0.4, -0.2) is 25.0 Å². The van der Waals surface area contributed by atoms with Gasteiger partial charge in [0.2, 0.25) is 0 Å². The number of benzene rings is 1. The van der Waals surface area contributed by atoms with E-state index in [2.05, 4.69) is 10.3 Å². The van der Waals surface area contributed by atoms with Crippen molar-refractivity contribution in [1.29, 1.82) is 0 Å². The van der Waals surface area contributed by atoms with E-state index >= 15 is 0 Å². The molecule has 5 nitrogen and oxygen atoms in total. The molecule has 1 aromatic carbocycles. The van der Waals surface area contributed by atoms with E-state index in [9.17, 15) is 4.79 Å². The zero-order valence-corrected chi connectivity index (χ0v) is 10.9. The Bertz CT molecular complexity index is 581. The van der Waals surface area contributed by atoms with Crippen molar-refractivity contribution in [3.63, 3.8) is 0 Å². The second kappa shape index (κ2) is 5.39. The predicted octanol–water partition coefficient (Wildman–Crippen LogP) is 1.98. The van der Waals surface area contributed by atoms with Gasteiger partial charge in [-0.25, -0.2) is 0 Å². The lowest BCUT2D eigenvalue weighted by Gasteiger charge is -2.15. The second-order valence-electron chi connectivity index (χ2n) is 4.36. The van der Waals surface area contributed by atoms with Gasteiger partial charge in [-0.2, -0.15) is 0 Å². The van der Waals surface area contributed by atoms with Crippen LogP contribution < -0.4 is 16.0 Å². The van der Waals surface area contributed by atoms with E-state index in [0.717, 1.165) is 5.69 Å². The van der Waals surface area contributed by atoms with Crippen molar-refractivity contribution in [3.8, 4) is 0 Å². The molecule has 0 aliphatic carbocycles. The molecule has 0 bridgehead atoms. The van der Waals surface area contributed by atoms with Crippen LogP contribution in [0.5, 0.6) is 0 Å². The van der Waals surface area contributed by atoms with Gasteiger partial charge >= 0.3 is 0 Å². The van der Waals surface area contributed by atoms with Crippen LogP contribution in [0.15, 0.2) is 42.7 Å². The molecule has 2 aromatic rings. The smallest absolute Gasteiger partial charge is 0.255 e. The average Bonchev–Trinajstić information content (AvgIpc) is 2.39. The number of hydrogen-bond donors (Lipinski definition) is 2. The summed E-state index contributed by atoms with van der Waals surface area (Å²) in [5, 5.41) is 2.76. The van der Waals surface area contributed by atoms with Gasteiger partial charge < -0.3 is 16.0 Å². The standard InChI is InChI=1S/C14H16N4O/c1-18(2)13-6-5-10(8-12(13)15)14(19)17-11-4-3-7-16-9-11/h3-9H,15H2,1-2H3,(H,17,19). The second-order valence-corrected chi connectivity index (χ2v) is 4.36. The average molecular weight is 256 g/mol. The highest BCUT2D eigenvalue weighted by Gasteiger charge is 2.09. The summed E-state index contributed by atoms with van der Waals surface area (Å²) in [7, 11) is 3.81. The lowest BCUT2D eigenvalue weighted by molar-refractivity contribution is 0.102. The number of anilines is 3. The number of hydrogen-bond acceptors (Lipinski definition) is 4. The van der Waals surface area contributed by atoms with Gasteiger partial charge in [0.1, 0.15) is 0 Å². The maximum absolute atomic E-state index is 12.0. The summed E-state index contributed by atoms with van der Waals surface area (Å²) in [5.74, 6) is -0.204. The van der Waals surface area contributed by atoms with E-state index < -0.39 is 0 Å². The molecule has 3 N–H and O–H groups in total. The van der Waals surface area contributed by atoms with E-state index in [1.54, 1.807) is 36.7 Å². The van der Waals surface area contributed by atoms with E-state index in [4.69, 9.17) is 5.73 Å². The SMILES string of the molecule is CN(C)c1ccc(C(=O)Nc2cccnc2)cc1N. The number of nitrogens with two attached hydrogens (primary N) is 1. The molecule has 0 unspecified atom stereocenters. The number of nitrogens with zero attached hydrogens (tertiary/aromatic N) is 2. The summed E-state index contributed by atoms with van der Waals surface area (Å²) in [4.78, 5) is 17.9. The molecule has 1 amide bonds. The van der Waals surface area contributed by atoms with E-state index in [1.807, 2.05) is 25.1 Å². The Labute approximate surface area is 112 Å². The summed E-state index contributed by atoms with van der Waals surface area (Å²) < 4.78 is 0. The molecule has 0 aliphatic heterocycles. The van der Waals surface area contributed by atoms with Crippen molar-refractivity contribution < 1.29 is 4.79 Å². The first-order chi connectivity index (χ1) is 9.08. The Morgan fingerprint density at radius 2 is 2.11 bits per heavy atom. The van der Waals surface area contributed by atoms with E-state index in [0.29, 0.717) is 16.9 Å². The van der Waals surface area contributed by atoms with Crippen LogP contribution in [0, 0.1) is 0 Å². The normalized spacial score (nSPS) is 10.0. The Balaban J connectivity index is 2.18. The summed E-state index contributed by atoms with van der Waals surface area (Å²) in [6.45, 7) is 0. The van der Waals surface area contributed by atoms with Gasteiger partial charge in [-0.05, 0) is 30.3 Å². The summed E-state index contributed by atoms with van der Waals surface area (Å²) in [5.41, 5.74) is 8.56. The molecule has 0 saturated heterocycles. The Morgan fingerprint density at radius 1 is 1.32 bits per heavy atom. The molecule has 0 atom stereocenters. The van der Waals surface area contributed by atoms with Gasteiger partial charge in [-0.3, -0.25) is 9.78 Å². The predicted molar refractivity (Wildman–Crippen MR) is 77.4 cm³/mol. The van der Waals surface area contributed by atoms with Crippen molar-refractivity contribution in [2.75, 3.05) is 30.0 Å². The molecule has 5 heteroatoms. The Kier molecular flexibility index (Phi) is 3.66. The van der Waals surface area contributed by atoms with Crippen molar-refractivity contribution >= 4 is 23.0 Å². The van der Waals surface area contributed by atoms with Crippen LogP contribution in [0.2, 0.25) is 0 Å². The molecule has 2 rings (SSSR count). The summed E-state index contributed by atoms with van der Waals surface area (Å²) >= 11 is 0.